The number of nitrogens with two attached hydrogens (primary N) is 1. The molecule has 0 radical (unpaired) electrons. The summed E-state index contributed by atoms with van der Waals surface area (Å²) in [6.45, 7) is 0. The lowest BCUT2D eigenvalue weighted by Gasteiger charge is -1.94. The lowest BCUT2D eigenvalue weighted by Crippen LogP contribution is -1.89. The molecule has 0 aliphatic rings. The molecular weight excluding hydrogens is 183 g/mol. The third-order valence-corrected chi connectivity index (χ3v) is 1.38. The summed E-state index contributed by atoms with van der Waals surface area (Å²) < 4.78 is 0. The van der Waals surface area contributed by atoms with Crippen LogP contribution < -0.4 is 5.73 Å². The maximum atomic E-state index is 7.03. The van der Waals surface area contributed by atoms with Crippen molar-refractivity contribution in [3.63, 3.8) is 0 Å². The summed E-state index contributed by atoms with van der Waals surface area (Å²) in [5.74, 6) is 0. The zero-order valence-electron chi connectivity index (χ0n) is 5.67. The molecule has 0 saturated carbocycles. The molecule has 0 aromatic heterocycles. The number of anilines is 1. The highest BCUT2D eigenvalue weighted by atomic mass is 35.5. The monoisotopic (exact) mass is 190 g/mol. The van der Waals surface area contributed by atoms with Gasteiger partial charge in [0.05, 0.1) is 0 Å². The van der Waals surface area contributed by atoms with Gasteiger partial charge in [0.1, 0.15) is 5.17 Å². The van der Waals surface area contributed by atoms with Gasteiger partial charge < -0.3 is 5.73 Å². The molecule has 2 nitrogen and oxygen atoms in total. The molecular formula is C7H8Cl2N2. The molecule has 0 amide bonds. The fourth-order valence-electron chi connectivity index (χ4n) is 0.629. The average molecular weight is 191 g/mol. The minimum Gasteiger partial charge on any atom is -0.399 e. The second-order valence-corrected chi connectivity index (χ2v) is 2.31. The molecule has 1 rings (SSSR count). The van der Waals surface area contributed by atoms with Gasteiger partial charge >= 0.3 is 0 Å². The van der Waals surface area contributed by atoms with E-state index in [9.17, 15) is 0 Å². The Kier molecular flexibility index (Phi) is 3.93. The van der Waals surface area contributed by atoms with Gasteiger partial charge in [-0.1, -0.05) is 11.6 Å². The van der Waals surface area contributed by atoms with E-state index < -0.39 is 0 Å². The van der Waals surface area contributed by atoms with E-state index in [0.717, 1.165) is 0 Å². The molecule has 11 heavy (non-hydrogen) atoms. The molecule has 0 atom stereocenters. The molecule has 0 bridgehead atoms. The second kappa shape index (κ2) is 4.21. The highest BCUT2D eigenvalue weighted by Crippen LogP contribution is 2.07. The number of nitrogen functional groups attached to an aromatic ring is 1. The Morgan fingerprint density at radius 1 is 1.27 bits per heavy atom. The predicted octanol–water partition coefficient (Wildman–Crippen LogP) is 2.25. The van der Waals surface area contributed by atoms with E-state index in [-0.39, 0.29) is 17.6 Å². The van der Waals surface area contributed by atoms with Crippen molar-refractivity contribution in [2.24, 2.45) is 0 Å². The number of hydrogen-bond donors (Lipinski definition) is 2. The minimum atomic E-state index is 0. The molecule has 0 fully saturated rings. The van der Waals surface area contributed by atoms with Crippen LogP contribution in [-0.4, -0.2) is 5.17 Å². The first kappa shape index (κ1) is 10.3. The highest BCUT2D eigenvalue weighted by molar-refractivity contribution is 6.68. The van der Waals surface area contributed by atoms with E-state index in [2.05, 4.69) is 0 Å². The Labute approximate surface area is 76.3 Å². The van der Waals surface area contributed by atoms with Gasteiger partial charge in [0.25, 0.3) is 0 Å². The van der Waals surface area contributed by atoms with E-state index >= 15 is 0 Å². The lowest BCUT2D eigenvalue weighted by atomic mass is 10.2. The quantitative estimate of drug-likeness (QED) is 0.519. The third-order valence-electron chi connectivity index (χ3n) is 1.16. The largest absolute Gasteiger partial charge is 0.399 e. The normalized spacial score (nSPS) is 8.45. The van der Waals surface area contributed by atoms with Crippen LogP contribution in [0.1, 0.15) is 5.56 Å². The van der Waals surface area contributed by atoms with Crippen LogP contribution in [0.4, 0.5) is 5.69 Å². The Balaban J connectivity index is 0.000001000. The molecule has 1 aromatic rings. The van der Waals surface area contributed by atoms with Crippen LogP contribution in [0.5, 0.6) is 0 Å². The Morgan fingerprint density at radius 2 is 1.73 bits per heavy atom. The number of benzene rings is 1. The average Bonchev–Trinajstić information content (AvgIpc) is 1.88. The second-order valence-electron chi connectivity index (χ2n) is 1.94. The Hall–Kier alpha value is -0.730. The predicted molar refractivity (Wildman–Crippen MR) is 50.8 cm³/mol. The highest BCUT2D eigenvalue weighted by Gasteiger charge is 1.93. The summed E-state index contributed by atoms with van der Waals surface area (Å²) in [5.41, 5.74) is 6.79. The number of halogens is 2. The van der Waals surface area contributed by atoms with Gasteiger partial charge in [-0.25, -0.2) is 0 Å². The number of nitrogens with one attached hydrogen (secondary N) is 1. The maximum absolute atomic E-state index is 7.03. The fourth-order valence-corrected chi connectivity index (χ4v) is 0.755. The zero-order chi connectivity index (χ0) is 7.56. The Bertz CT molecular complexity index is 243. The van der Waals surface area contributed by atoms with Gasteiger partial charge in [-0.2, -0.15) is 0 Å². The van der Waals surface area contributed by atoms with Gasteiger partial charge in [0, 0.05) is 11.3 Å². The first-order valence-corrected chi connectivity index (χ1v) is 3.18. The summed E-state index contributed by atoms with van der Waals surface area (Å²) in [6, 6.07) is 6.86. The zero-order valence-corrected chi connectivity index (χ0v) is 7.25. The molecule has 4 heteroatoms. The Morgan fingerprint density at radius 3 is 2.09 bits per heavy atom. The van der Waals surface area contributed by atoms with Gasteiger partial charge in [-0.05, 0) is 24.3 Å². The molecule has 0 unspecified atom stereocenters. The number of hydrogen-bond acceptors (Lipinski definition) is 2. The van der Waals surface area contributed by atoms with Crippen LogP contribution in [0.25, 0.3) is 0 Å². The van der Waals surface area contributed by atoms with Crippen molar-refractivity contribution in [1.82, 2.24) is 0 Å². The molecule has 0 heterocycles. The third kappa shape index (κ3) is 2.78. The topological polar surface area (TPSA) is 49.9 Å². The lowest BCUT2D eigenvalue weighted by molar-refractivity contribution is 1.52. The van der Waals surface area contributed by atoms with E-state index in [1.54, 1.807) is 24.3 Å². The summed E-state index contributed by atoms with van der Waals surface area (Å²) in [4.78, 5) is 0. The summed E-state index contributed by atoms with van der Waals surface area (Å²) in [6.07, 6.45) is 0. The molecule has 0 spiro atoms. The van der Waals surface area contributed by atoms with Crippen LogP contribution in [0.15, 0.2) is 24.3 Å². The van der Waals surface area contributed by atoms with Crippen molar-refractivity contribution in [2.75, 3.05) is 5.73 Å². The van der Waals surface area contributed by atoms with E-state index in [1.807, 2.05) is 0 Å². The maximum Gasteiger partial charge on any atom is 0.128 e. The van der Waals surface area contributed by atoms with Crippen molar-refractivity contribution < 1.29 is 0 Å². The fraction of sp³-hybridized carbons (Fsp3) is 0. The van der Waals surface area contributed by atoms with Crippen LogP contribution in [0, 0.1) is 5.41 Å². The van der Waals surface area contributed by atoms with Gasteiger partial charge in [0.15, 0.2) is 0 Å². The molecule has 60 valence electrons. The SMILES string of the molecule is Cl.N=C(Cl)c1ccc(N)cc1. The first-order valence-electron chi connectivity index (χ1n) is 2.80. The van der Waals surface area contributed by atoms with Crippen LogP contribution in [-0.2, 0) is 0 Å². The van der Waals surface area contributed by atoms with Crippen molar-refractivity contribution in [3.05, 3.63) is 29.8 Å². The smallest absolute Gasteiger partial charge is 0.128 e. The van der Waals surface area contributed by atoms with Crippen molar-refractivity contribution in [2.45, 2.75) is 0 Å². The van der Waals surface area contributed by atoms with Crippen LogP contribution in [0.3, 0.4) is 0 Å². The standard InChI is InChI=1S/C7H7ClN2.ClH/c8-7(10)5-1-3-6(9)4-2-5;/h1-4,10H,9H2;1H. The van der Waals surface area contributed by atoms with Crippen molar-refractivity contribution in [1.29, 1.82) is 5.41 Å². The van der Waals surface area contributed by atoms with Crippen molar-refractivity contribution >= 4 is 34.9 Å². The molecule has 0 aliphatic heterocycles. The van der Waals surface area contributed by atoms with Gasteiger partial charge in [0.2, 0.25) is 0 Å². The van der Waals surface area contributed by atoms with Gasteiger partial charge in [-0.3, -0.25) is 5.41 Å². The molecule has 0 aliphatic carbocycles. The summed E-state index contributed by atoms with van der Waals surface area (Å²) in [7, 11) is 0. The van der Waals surface area contributed by atoms with Gasteiger partial charge in [-0.15, -0.1) is 12.4 Å². The molecule has 3 N–H and O–H groups in total. The number of rotatable bonds is 1. The molecule has 1 aromatic carbocycles. The van der Waals surface area contributed by atoms with E-state index in [4.69, 9.17) is 22.7 Å². The van der Waals surface area contributed by atoms with E-state index in [1.165, 1.54) is 0 Å². The van der Waals surface area contributed by atoms with E-state index in [0.29, 0.717) is 11.3 Å². The van der Waals surface area contributed by atoms with Crippen LogP contribution >= 0.6 is 24.0 Å². The van der Waals surface area contributed by atoms with Crippen LogP contribution in [0.2, 0.25) is 0 Å². The molecule has 0 saturated heterocycles. The first-order chi connectivity index (χ1) is 4.70. The van der Waals surface area contributed by atoms with Crippen molar-refractivity contribution in [3.8, 4) is 0 Å². The minimum absolute atomic E-state index is 0. The summed E-state index contributed by atoms with van der Waals surface area (Å²) >= 11 is 5.40. The summed E-state index contributed by atoms with van der Waals surface area (Å²) in [5, 5.41) is 7.07.